The molecule has 5 N–H and O–H groups in total. The lowest BCUT2D eigenvalue weighted by Gasteiger charge is -2.55. The minimum Gasteiger partial charge on any atom is -0.507 e. The number of likely N-dealkylation sites (N-methyl/N-ethyl adjacent to an activating group) is 1. The van der Waals surface area contributed by atoms with Gasteiger partial charge in [0.2, 0.25) is 5.91 Å². The summed E-state index contributed by atoms with van der Waals surface area (Å²) in [5.74, 6) is -8.19. The van der Waals surface area contributed by atoms with Crippen molar-refractivity contribution < 1.29 is 34.5 Å². The number of nitrogens with zero attached hydrogens (tertiary/aromatic N) is 1. The lowest BCUT2D eigenvalue weighted by atomic mass is 9.52. The molecule has 0 heterocycles. The summed E-state index contributed by atoms with van der Waals surface area (Å²) in [6, 6.07) is 2.02. The normalized spacial score (nSPS) is 37.3. The molecule has 0 saturated heterocycles. The lowest BCUT2D eigenvalue weighted by Crippen LogP contribution is -2.75. The Morgan fingerprint density at radius 3 is 2.48 bits per heavy atom. The van der Waals surface area contributed by atoms with Crippen LogP contribution in [0.2, 0.25) is 0 Å². The number of amides is 1. The minimum atomic E-state index is -2.49. The molecule has 7 atom stereocenters. The first-order valence-electron chi connectivity index (χ1n) is 9.91. The number of aromatic hydroxyl groups is 1. The van der Waals surface area contributed by atoms with Gasteiger partial charge in [0.1, 0.15) is 17.8 Å². The molecule has 2 fully saturated rings. The maximum Gasteiger partial charge on any atom is 0.230 e. The Balaban J connectivity index is 1.87. The predicted octanol–water partition coefficient (Wildman–Crippen LogP) is -0.737. The Bertz CT molecular complexity index is 1030. The summed E-state index contributed by atoms with van der Waals surface area (Å²) in [6.45, 7) is 0. The number of halogens is 1. The highest BCUT2D eigenvalue weighted by atomic mass is 127. The monoisotopic (exact) mass is 542 g/mol. The van der Waals surface area contributed by atoms with E-state index in [0.717, 1.165) is 3.57 Å². The SMILES string of the molecule is CN(C)[C@@H]1C(=O)C(C(N)=O)C(O)[C@@]2(O)C(=O)C3C(=O)c4c(O)ccc(I)c4C[C@H]3C[C@@H]12. The summed E-state index contributed by atoms with van der Waals surface area (Å²) in [7, 11) is 3.16. The van der Waals surface area contributed by atoms with Gasteiger partial charge in [0.05, 0.1) is 17.5 Å². The zero-order chi connectivity index (χ0) is 23.0. The van der Waals surface area contributed by atoms with Crippen LogP contribution >= 0.6 is 22.6 Å². The molecule has 0 radical (unpaired) electrons. The van der Waals surface area contributed by atoms with E-state index in [1.807, 2.05) is 0 Å². The number of phenols is 1. The number of aliphatic hydroxyl groups excluding tert-OH is 1. The molecular weight excluding hydrogens is 519 g/mol. The van der Waals surface area contributed by atoms with E-state index in [9.17, 15) is 34.5 Å². The van der Waals surface area contributed by atoms with E-state index in [1.165, 1.54) is 11.0 Å². The van der Waals surface area contributed by atoms with Crippen LogP contribution in [0.25, 0.3) is 0 Å². The second kappa shape index (κ2) is 7.32. The molecule has 166 valence electrons. The third-order valence-electron chi connectivity index (χ3n) is 7.11. The molecule has 10 heteroatoms. The second-order valence-corrected chi connectivity index (χ2v) is 10.1. The Kier molecular flexibility index (Phi) is 5.27. The van der Waals surface area contributed by atoms with Crippen molar-refractivity contribution in [1.82, 2.24) is 4.90 Å². The van der Waals surface area contributed by atoms with E-state index in [-0.39, 0.29) is 17.7 Å². The maximum absolute atomic E-state index is 13.6. The van der Waals surface area contributed by atoms with Gasteiger partial charge in [0.15, 0.2) is 23.0 Å². The number of Topliss-reactive ketones (excluding diaryl/α,β-unsaturated/α-hetero) is 3. The largest absolute Gasteiger partial charge is 0.507 e. The highest BCUT2D eigenvalue weighted by Crippen LogP contribution is 2.52. The first kappa shape index (κ1) is 22.3. The van der Waals surface area contributed by atoms with Gasteiger partial charge >= 0.3 is 0 Å². The Labute approximate surface area is 191 Å². The van der Waals surface area contributed by atoms with Crippen molar-refractivity contribution in [2.45, 2.75) is 30.6 Å². The van der Waals surface area contributed by atoms with Gasteiger partial charge in [0.25, 0.3) is 0 Å². The van der Waals surface area contributed by atoms with E-state index >= 15 is 0 Å². The average Bonchev–Trinajstić information content (AvgIpc) is 2.67. The van der Waals surface area contributed by atoms with Gasteiger partial charge in [-0.2, -0.15) is 0 Å². The molecule has 3 unspecified atom stereocenters. The van der Waals surface area contributed by atoms with Crippen LogP contribution in [0.4, 0.5) is 0 Å². The van der Waals surface area contributed by atoms with Crippen molar-refractivity contribution in [2.75, 3.05) is 14.1 Å². The first-order valence-corrected chi connectivity index (χ1v) is 11.0. The highest BCUT2D eigenvalue weighted by molar-refractivity contribution is 14.1. The lowest BCUT2D eigenvalue weighted by molar-refractivity contribution is -0.203. The molecule has 0 aromatic heterocycles. The molecule has 31 heavy (non-hydrogen) atoms. The molecule has 0 aliphatic heterocycles. The minimum absolute atomic E-state index is 0.0422. The van der Waals surface area contributed by atoms with Crippen LogP contribution in [0.15, 0.2) is 12.1 Å². The third kappa shape index (κ3) is 2.91. The van der Waals surface area contributed by atoms with Crippen molar-refractivity contribution in [3.05, 3.63) is 26.8 Å². The van der Waals surface area contributed by atoms with Gasteiger partial charge in [-0.05, 0) is 73.1 Å². The number of hydrogen-bond acceptors (Lipinski definition) is 8. The second-order valence-electron chi connectivity index (χ2n) is 8.89. The number of fused-ring (bicyclic) bond motifs is 3. The van der Waals surface area contributed by atoms with Crippen molar-refractivity contribution in [3.8, 4) is 5.75 Å². The molecule has 0 bridgehead atoms. The van der Waals surface area contributed by atoms with E-state index < -0.39 is 64.7 Å². The van der Waals surface area contributed by atoms with Crippen LogP contribution in [0.5, 0.6) is 5.75 Å². The predicted molar refractivity (Wildman–Crippen MR) is 115 cm³/mol. The standard InChI is InChI=1S/C21H23IN2O7/c1-24(2)15-9-6-7-5-8-10(22)3-4-11(25)13(8)16(26)12(7)18(28)21(9,31)19(29)14(17(15)27)20(23)30/h3-4,7,9,12,14-15,19,25,29,31H,5-6H2,1-2H3,(H2,23,30)/t7-,9-,12?,14?,15-,19?,21-/m0/s1. The Morgan fingerprint density at radius 2 is 1.90 bits per heavy atom. The van der Waals surface area contributed by atoms with Gasteiger partial charge in [-0.25, -0.2) is 0 Å². The Morgan fingerprint density at radius 1 is 1.26 bits per heavy atom. The number of aliphatic hydroxyl groups is 2. The van der Waals surface area contributed by atoms with Gasteiger partial charge in [-0.3, -0.25) is 24.1 Å². The summed E-state index contributed by atoms with van der Waals surface area (Å²) >= 11 is 2.06. The number of benzene rings is 1. The number of phenolic OH excluding ortho intramolecular Hbond substituents is 1. The fourth-order valence-electron chi connectivity index (χ4n) is 5.76. The maximum atomic E-state index is 13.6. The zero-order valence-corrected chi connectivity index (χ0v) is 19.1. The summed E-state index contributed by atoms with van der Waals surface area (Å²) in [5.41, 5.74) is 3.51. The van der Waals surface area contributed by atoms with E-state index in [0.29, 0.717) is 12.0 Å². The molecular formula is C21H23IN2O7. The average molecular weight is 542 g/mol. The zero-order valence-electron chi connectivity index (χ0n) is 16.9. The van der Waals surface area contributed by atoms with Crippen molar-refractivity contribution in [3.63, 3.8) is 0 Å². The van der Waals surface area contributed by atoms with Crippen LogP contribution in [0.1, 0.15) is 22.3 Å². The summed E-state index contributed by atoms with van der Waals surface area (Å²) in [4.78, 5) is 53.4. The van der Waals surface area contributed by atoms with Gasteiger partial charge in [-0.1, -0.05) is 0 Å². The summed E-state index contributed by atoms with van der Waals surface area (Å²) < 4.78 is 0.767. The number of carbonyl (C=O) groups is 4. The van der Waals surface area contributed by atoms with Crippen LogP contribution in [0, 0.1) is 27.2 Å². The molecule has 1 aromatic rings. The summed E-state index contributed by atoms with van der Waals surface area (Å²) in [6.07, 6.45) is -1.63. The van der Waals surface area contributed by atoms with Crippen molar-refractivity contribution in [1.29, 1.82) is 0 Å². The molecule has 2 saturated carbocycles. The van der Waals surface area contributed by atoms with Gasteiger partial charge in [0, 0.05) is 9.49 Å². The summed E-state index contributed by atoms with van der Waals surface area (Å²) in [5, 5.41) is 32.6. The van der Waals surface area contributed by atoms with Gasteiger partial charge < -0.3 is 21.1 Å². The number of nitrogens with two attached hydrogens (primary N) is 1. The smallest absolute Gasteiger partial charge is 0.230 e. The van der Waals surface area contributed by atoms with Crippen molar-refractivity contribution in [2.24, 2.45) is 29.4 Å². The molecule has 1 amide bonds. The number of ketones is 3. The van der Waals surface area contributed by atoms with Crippen molar-refractivity contribution >= 4 is 45.8 Å². The quantitative estimate of drug-likeness (QED) is 0.281. The number of hydrogen-bond donors (Lipinski definition) is 4. The molecule has 0 spiro atoms. The fraction of sp³-hybridized carbons (Fsp3) is 0.524. The molecule has 3 aliphatic carbocycles. The highest BCUT2D eigenvalue weighted by Gasteiger charge is 2.69. The van der Waals surface area contributed by atoms with Crippen LogP contribution < -0.4 is 5.73 Å². The van der Waals surface area contributed by atoms with E-state index in [4.69, 9.17) is 5.73 Å². The third-order valence-corrected chi connectivity index (χ3v) is 8.12. The fourth-order valence-corrected chi connectivity index (χ4v) is 6.43. The van der Waals surface area contributed by atoms with Crippen LogP contribution in [0.3, 0.4) is 0 Å². The van der Waals surface area contributed by atoms with E-state index in [1.54, 1.807) is 20.2 Å². The number of carbonyl (C=O) groups excluding carboxylic acids is 4. The Hall–Kier alpha value is -1.89. The molecule has 3 aliphatic rings. The number of rotatable bonds is 2. The first-order chi connectivity index (χ1) is 14.4. The molecule has 4 rings (SSSR count). The topological polar surface area (TPSA) is 158 Å². The van der Waals surface area contributed by atoms with E-state index in [2.05, 4.69) is 22.6 Å². The molecule has 1 aromatic carbocycles. The van der Waals surface area contributed by atoms with Crippen LogP contribution in [-0.4, -0.2) is 75.3 Å². The number of primary amides is 1. The van der Waals surface area contributed by atoms with Crippen LogP contribution in [-0.2, 0) is 20.8 Å². The molecule has 9 nitrogen and oxygen atoms in total. The van der Waals surface area contributed by atoms with Gasteiger partial charge in [-0.15, -0.1) is 0 Å².